The molecule has 0 aromatic heterocycles. The molecule has 2 rings (SSSR count). The summed E-state index contributed by atoms with van der Waals surface area (Å²) in [6.07, 6.45) is 0.997. The van der Waals surface area contributed by atoms with Crippen molar-refractivity contribution in [2.75, 3.05) is 6.54 Å². The van der Waals surface area contributed by atoms with E-state index < -0.39 is 0 Å². The van der Waals surface area contributed by atoms with Crippen LogP contribution in [0.4, 0.5) is 8.78 Å². The van der Waals surface area contributed by atoms with E-state index in [1.54, 1.807) is 26.0 Å². The van der Waals surface area contributed by atoms with Gasteiger partial charge < -0.3 is 5.32 Å². The van der Waals surface area contributed by atoms with Gasteiger partial charge in [-0.3, -0.25) is 0 Å². The summed E-state index contributed by atoms with van der Waals surface area (Å²) in [7, 11) is 0. The minimum absolute atomic E-state index is 0.0523. The summed E-state index contributed by atoms with van der Waals surface area (Å²) in [5.74, 6) is -0.411. The minimum atomic E-state index is -0.251. The van der Waals surface area contributed by atoms with Crippen molar-refractivity contribution >= 4 is 0 Å². The molecule has 21 heavy (non-hydrogen) atoms. The van der Waals surface area contributed by atoms with Crippen molar-refractivity contribution in [2.45, 2.75) is 33.2 Å². The van der Waals surface area contributed by atoms with E-state index in [0.717, 1.165) is 24.1 Å². The van der Waals surface area contributed by atoms with Crippen LogP contribution in [0.15, 0.2) is 36.4 Å². The first-order valence-electron chi connectivity index (χ1n) is 7.28. The molecule has 2 aromatic rings. The van der Waals surface area contributed by atoms with Crippen molar-refractivity contribution in [1.82, 2.24) is 5.32 Å². The van der Waals surface area contributed by atoms with E-state index >= 15 is 0 Å². The van der Waals surface area contributed by atoms with Crippen LogP contribution >= 0.6 is 0 Å². The minimum Gasteiger partial charge on any atom is -0.306 e. The van der Waals surface area contributed by atoms with E-state index in [-0.39, 0.29) is 17.7 Å². The molecule has 1 atom stereocenters. The summed E-state index contributed by atoms with van der Waals surface area (Å²) >= 11 is 0. The fourth-order valence-corrected chi connectivity index (χ4v) is 2.52. The summed E-state index contributed by atoms with van der Waals surface area (Å²) in [6.45, 7) is 6.48. The fourth-order valence-electron chi connectivity index (χ4n) is 2.52. The zero-order valence-corrected chi connectivity index (χ0v) is 12.7. The summed E-state index contributed by atoms with van der Waals surface area (Å²) in [6, 6.07) is 10.1. The summed E-state index contributed by atoms with van der Waals surface area (Å²) in [5, 5.41) is 3.45. The van der Waals surface area contributed by atoms with Crippen LogP contribution in [-0.2, 0) is 0 Å². The molecule has 3 heteroatoms. The Labute approximate surface area is 125 Å². The monoisotopic (exact) mass is 289 g/mol. The molecule has 1 unspecified atom stereocenters. The van der Waals surface area contributed by atoms with Crippen LogP contribution in [-0.4, -0.2) is 6.54 Å². The molecule has 1 N–H and O–H groups in total. The van der Waals surface area contributed by atoms with Gasteiger partial charge in [-0.25, -0.2) is 8.78 Å². The van der Waals surface area contributed by atoms with Crippen LogP contribution in [0.5, 0.6) is 0 Å². The average molecular weight is 289 g/mol. The molecular formula is C18H21F2N. The van der Waals surface area contributed by atoms with E-state index in [2.05, 4.69) is 12.2 Å². The Morgan fingerprint density at radius 3 is 2.05 bits per heavy atom. The highest BCUT2D eigenvalue weighted by molar-refractivity contribution is 5.37. The Bertz CT molecular complexity index is 582. The fraction of sp³-hybridized carbons (Fsp3) is 0.333. The lowest BCUT2D eigenvalue weighted by Crippen LogP contribution is -2.23. The highest BCUT2D eigenvalue weighted by atomic mass is 19.1. The van der Waals surface area contributed by atoms with Gasteiger partial charge in [0.25, 0.3) is 0 Å². The molecule has 112 valence electrons. The number of aryl methyl sites for hydroxylation is 2. The van der Waals surface area contributed by atoms with E-state index in [9.17, 15) is 8.78 Å². The van der Waals surface area contributed by atoms with Crippen LogP contribution < -0.4 is 5.32 Å². The molecule has 0 heterocycles. The Morgan fingerprint density at radius 1 is 0.952 bits per heavy atom. The van der Waals surface area contributed by atoms with Gasteiger partial charge in [0.15, 0.2) is 0 Å². The Balaban J connectivity index is 2.42. The summed E-state index contributed by atoms with van der Waals surface area (Å²) in [5.41, 5.74) is 3.26. The number of nitrogens with one attached hydrogen (secondary N) is 1. The molecule has 0 saturated heterocycles. The summed E-state index contributed by atoms with van der Waals surface area (Å²) < 4.78 is 26.9. The Kier molecular flexibility index (Phi) is 5.07. The topological polar surface area (TPSA) is 12.0 Å². The number of hydrogen-bond acceptors (Lipinski definition) is 1. The van der Waals surface area contributed by atoms with Crippen molar-refractivity contribution in [2.24, 2.45) is 0 Å². The van der Waals surface area contributed by atoms with Crippen LogP contribution in [0.3, 0.4) is 0 Å². The van der Waals surface area contributed by atoms with Gasteiger partial charge in [0, 0.05) is 0 Å². The normalized spacial score (nSPS) is 12.4. The van der Waals surface area contributed by atoms with Crippen LogP contribution in [0.25, 0.3) is 0 Å². The molecule has 0 spiro atoms. The van der Waals surface area contributed by atoms with Crippen molar-refractivity contribution in [3.8, 4) is 0 Å². The zero-order chi connectivity index (χ0) is 15.4. The highest BCUT2D eigenvalue weighted by Gasteiger charge is 2.16. The van der Waals surface area contributed by atoms with Gasteiger partial charge in [-0.15, -0.1) is 0 Å². The highest BCUT2D eigenvalue weighted by Crippen LogP contribution is 2.26. The van der Waals surface area contributed by atoms with Gasteiger partial charge in [0.2, 0.25) is 0 Å². The molecule has 0 bridgehead atoms. The number of hydrogen-bond donors (Lipinski definition) is 1. The van der Waals surface area contributed by atoms with E-state index in [1.807, 2.05) is 12.1 Å². The average Bonchev–Trinajstić information content (AvgIpc) is 2.46. The molecule has 0 fully saturated rings. The molecule has 0 aliphatic carbocycles. The first-order valence-corrected chi connectivity index (χ1v) is 7.28. The van der Waals surface area contributed by atoms with Crippen LogP contribution in [0.2, 0.25) is 0 Å². The molecule has 1 nitrogen and oxygen atoms in total. The number of benzene rings is 2. The van der Waals surface area contributed by atoms with Gasteiger partial charge in [-0.05, 0) is 61.2 Å². The van der Waals surface area contributed by atoms with Gasteiger partial charge in [0.1, 0.15) is 11.6 Å². The van der Waals surface area contributed by atoms with Crippen molar-refractivity contribution in [3.63, 3.8) is 0 Å². The van der Waals surface area contributed by atoms with Gasteiger partial charge in [-0.2, -0.15) is 0 Å². The maximum atomic E-state index is 13.8. The van der Waals surface area contributed by atoms with E-state index in [4.69, 9.17) is 0 Å². The van der Waals surface area contributed by atoms with E-state index in [1.165, 1.54) is 12.1 Å². The third-order valence-corrected chi connectivity index (χ3v) is 3.59. The maximum Gasteiger partial charge on any atom is 0.129 e. The molecular weight excluding hydrogens is 268 g/mol. The predicted molar refractivity (Wildman–Crippen MR) is 82.4 cm³/mol. The molecule has 2 aromatic carbocycles. The van der Waals surface area contributed by atoms with E-state index in [0.29, 0.717) is 11.1 Å². The SMILES string of the molecule is CCCNC(c1ccc(F)cc1)c1cc(C)c(F)c(C)c1. The molecule has 0 aliphatic heterocycles. The van der Waals surface area contributed by atoms with Crippen LogP contribution in [0.1, 0.15) is 41.6 Å². The standard InChI is InChI=1S/C18H21F2N/c1-4-9-21-18(14-5-7-16(19)8-6-14)15-10-12(2)17(20)13(3)11-15/h5-8,10-11,18,21H,4,9H2,1-3H3. The zero-order valence-electron chi connectivity index (χ0n) is 12.7. The Morgan fingerprint density at radius 2 is 1.52 bits per heavy atom. The lowest BCUT2D eigenvalue weighted by molar-refractivity contribution is 0.583. The maximum absolute atomic E-state index is 13.8. The van der Waals surface area contributed by atoms with Crippen molar-refractivity contribution < 1.29 is 8.78 Å². The Hall–Kier alpha value is -1.74. The largest absolute Gasteiger partial charge is 0.306 e. The second-order valence-corrected chi connectivity index (χ2v) is 5.41. The van der Waals surface area contributed by atoms with Crippen LogP contribution in [0, 0.1) is 25.5 Å². The third-order valence-electron chi connectivity index (χ3n) is 3.59. The molecule has 0 aliphatic rings. The smallest absolute Gasteiger partial charge is 0.129 e. The second kappa shape index (κ2) is 6.81. The van der Waals surface area contributed by atoms with Crippen molar-refractivity contribution in [1.29, 1.82) is 0 Å². The van der Waals surface area contributed by atoms with Crippen molar-refractivity contribution in [3.05, 3.63) is 70.3 Å². The van der Waals surface area contributed by atoms with Gasteiger partial charge >= 0.3 is 0 Å². The molecule has 0 amide bonds. The lowest BCUT2D eigenvalue weighted by atomic mass is 9.95. The first kappa shape index (κ1) is 15.6. The number of halogens is 2. The quantitative estimate of drug-likeness (QED) is 0.843. The predicted octanol–water partition coefficient (Wildman–Crippen LogP) is 4.67. The van der Waals surface area contributed by atoms with Gasteiger partial charge in [-0.1, -0.05) is 31.2 Å². The third kappa shape index (κ3) is 3.67. The lowest BCUT2D eigenvalue weighted by Gasteiger charge is -2.21. The number of rotatable bonds is 5. The summed E-state index contributed by atoms with van der Waals surface area (Å²) in [4.78, 5) is 0. The molecule has 0 radical (unpaired) electrons. The van der Waals surface area contributed by atoms with Gasteiger partial charge in [0.05, 0.1) is 6.04 Å². The second-order valence-electron chi connectivity index (χ2n) is 5.41. The first-order chi connectivity index (χ1) is 10.0. The molecule has 0 saturated carbocycles.